The first kappa shape index (κ1) is 21.3. The number of hydrogen-bond donors (Lipinski definition) is 2. The van der Waals surface area contributed by atoms with Crippen LogP contribution in [0, 0.1) is 17.8 Å². The number of hydrogen-bond acceptors (Lipinski definition) is 8. The first-order valence-electron chi connectivity index (χ1n) is 9.24. The first-order chi connectivity index (χ1) is 13.7. The third kappa shape index (κ3) is 4.61. The van der Waals surface area contributed by atoms with Crippen LogP contribution in [0.3, 0.4) is 0 Å². The van der Waals surface area contributed by atoms with Crippen LogP contribution in [0.25, 0.3) is 22.6 Å². The van der Waals surface area contributed by atoms with Crippen molar-refractivity contribution < 1.29 is 14.5 Å². The average Bonchev–Trinajstić information content (AvgIpc) is 3.27. The van der Waals surface area contributed by atoms with E-state index in [9.17, 15) is 5.11 Å². The maximum absolute atomic E-state index is 9.97. The molecule has 0 aliphatic rings. The van der Waals surface area contributed by atoms with Crippen LogP contribution in [0.5, 0.6) is 5.75 Å². The van der Waals surface area contributed by atoms with Crippen LogP contribution in [0.1, 0.15) is 33.4 Å². The van der Waals surface area contributed by atoms with Gasteiger partial charge in [-0.3, -0.25) is 0 Å². The molecule has 3 aromatic heterocycles. The number of aliphatic hydroxyl groups is 1. The summed E-state index contributed by atoms with van der Waals surface area (Å²) in [5.41, 5.74) is 6.83. The van der Waals surface area contributed by atoms with Crippen LogP contribution in [-0.2, 0) is 6.54 Å². The number of fused-ring (bicyclic) bond motifs is 1. The molecule has 3 heterocycles. The molecule has 3 rings (SSSR count). The Kier molecular flexibility index (Phi) is 6.27. The van der Waals surface area contributed by atoms with Crippen molar-refractivity contribution >= 4 is 32.4 Å². The molecule has 0 aromatic carbocycles. The van der Waals surface area contributed by atoms with Gasteiger partial charge in [0.25, 0.3) is 0 Å². The Morgan fingerprint density at radius 3 is 2.76 bits per heavy atom. The van der Waals surface area contributed by atoms with Gasteiger partial charge in [0.2, 0.25) is 0 Å². The molecule has 152 valence electrons. The van der Waals surface area contributed by atoms with Crippen molar-refractivity contribution in [1.82, 2.24) is 24.8 Å². The Morgan fingerprint density at radius 2 is 2.17 bits per heavy atom. The molecule has 0 amide bonds. The summed E-state index contributed by atoms with van der Waals surface area (Å²) < 4.78 is 13.4. The SMILES string of the molecule is CCn1c(-c2nonc2[As])nc2c(C#CC(C)(C)O)ncc(OC[C@@H](C)CN)c21. The molecule has 0 saturated heterocycles. The van der Waals surface area contributed by atoms with Crippen molar-refractivity contribution in [3.05, 3.63) is 11.9 Å². The molecule has 1 atom stereocenters. The number of rotatable bonds is 6. The van der Waals surface area contributed by atoms with Gasteiger partial charge >= 0.3 is 177 Å². The topological polar surface area (TPSA) is 125 Å². The Hall–Kier alpha value is -2.40. The van der Waals surface area contributed by atoms with Gasteiger partial charge < -0.3 is 0 Å². The van der Waals surface area contributed by atoms with Crippen molar-refractivity contribution in [2.75, 3.05) is 13.2 Å². The van der Waals surface area contributed by atoms with Crippen molar-refractivity contribution in [3.63, 3.8) is 0 Å². The molecule has 3 N–H and O–H groups in total. The molecule has 0 bridgehead atoms. The van der Waals surface area contributed by atoms with Gasteiger partial charge in [-0.05, 0) is 0 Å². The predicted molar refractivity (Wildman–Crippen MR) is 109 cm³/mol. The van der Waals surface area contributed by atoms with Gasteiger partial charge in [-0.2, -0.15) is 0 Å². The van der Waals surface area contributed by atoms with Crippen LogP contribution >= 0.6 is 0 Å². The number of ether oxygens (including phenoxy) is 1. The standard InChI is InChI=1S/C19H23AsN6O3/c1-5-26-16-13(28-10-11(2)8-21)9-22-12(6-7-19(3,4)27)14(16)23-18(26)15-17(20)25-29-24-15/h9,11,27H,5,8,10,21H2,1-4H3/t11-/m0/s1. The molecule has 0 fully saturated rings. The van der Waals surface area contributed by atoms with E-state index in [4.69, 9.17) is 20.1 Å². The number of pyridine rings is 1. The van der Waals surface area contributed by atoms with Crippen LogP contribution in [-0.4, -0.2) is 65.6 Å². The van der Waals surface area contributed by atoms with Crippen molar-refractivity contribution in [2.24, 2.45) is 11.7 Å². The second-order valence-corrected chi connectivity index (χ2v) is 8.13. The maximum atomic E-state index is 9.97. The van der Waals surface area contributed by atoms with Gasteiger partial charge in [-0.25, -0.2) is 0 Å². The first-order valence-corrected chi connectivity index (χ1v) is 10.2. The third-order valence-corrected chi connectivity index (χ3v) is 4.76. The summed E-state index contributed by atoms with van der Waals surface area (Å²) in [6, 6.07) is 0. The molecular formula is C19H23AsN6O3. The number of nitrogens with two attached hydrogens (primary N) is 1. The van der Waals surface area contributed by atoms with E-state index in [0.29, 0.717) is 52.7 Å². The fourth-order valence-corrected chi connectivity index (χ4v) is 3.01. The third-order valence-electron chi connectivity index (χ3n) is 4.15. The van der Waals surface area contributed by atoms with Crippen LogP contribution in [0.2, 0.25) is 0 Å². The van der Waals surface area contributed by atoms with Gasteiger partial charge in [-0.1, -0.05) is 0 Å². The molecule has 3 aromatic rings. The van der Waals surface area contributed by atoms with E-state index in [-0.39, 0.29) is 5.92 Å². The van der Waals surface area contributed by atoms with Crippen molar-refractivity contribution in [1.29, 1.82) is 0 Å². The molecule has 2 radical (unpaired) electrons. The van der Waals surface area contributed by atoms with Gasteiger partial charge in [0.15, 0.2) is 0 Å². The molecule has 0 aliphatic carbocycles. The predicted octanol–water partition coefficient (Wildman–Crippen LogP) is 0.391. The summed E-state index contributed by atoms with van der Waals surface area (Å²) in [7, 11) is 0. The Bertz CT molecular complexity index is 1070. The number of imidazole rings is 1. The molecular weight excluding hydrogens is 435 g/mol. The molecule has 0 spiro atoms. The van der Waals surface area contributed by atoms with E-state index in [1.165, 1.54) is 0 Å². The van der Waals surface area contributed by atoms with Crippen molar-refractivity contribution in [3.8, 4) is 29.1 Å². The fourth-order valence-electron chi connectivity index (χ4n) is 2.64. The summed E-state index contributed by atoms with van der Waals surface area (Å²) in [6.45, 7) is 8.81. The van der Waals surface area contributed by atoms with Crippen LogP contribution in [0.4, 0.5) is 0 Å². The summed E-state index contributed by atoms with van der Waals surface area (Å²) >= 11 is 2.31. The molecule has 9 nitrogen and oxygen atoms in total. The minimum atomic E-state index is -1.15. The summed E-state index contributed by atoms with van der Waals surface area (Å²) in [5.74, 6) is 7.07. The van der Waals surface area contributed by atoms with E-state index in [1.54, 1.807) is 20.0 Å². The summed E-state index contributed by atoms with van der Waals surface area (Å²) in [5, 5.41) is 17.8. The zero-order valence-corrected chi connectivity index (χ0v) is 18.7. The summed E-state index contributed by atoms with van der Waals surface area (Å²) in [6.07, 6.45) is 1.63. The zero-order valence-electron chi connectivity index (χ0n) is 16.8. The second kappa shape index (κ2) is 8.54. The second-order valence-electron chi connectivity index (χ2n) is 7.25. The van der Waals surface area contributed by atoms with E-state index in [0.717, 1.165) is 5.52 Å². The zero-order chi connectivity index (χ0) is 21.2. The number of aryl methyl sites for hydroxylation is 1. The normalized spacial score (nSPS) is 12.7. The Labute approximate surface area is 177 Å². The molecule has 10 heteroatoms. The van der Waals surface area contributed by atoms with E-state index in [1.807, 2.05) is 18.4 Å². The average molecular weight is 458 g/mol. The van der Waals surface area contributed by atoms with Gasteiger partial charge in [0, 0.05) is 0 Å². The van der Waals surface area contributed by atoms with Crippen LogP contribution in [0.15, 0.2) is 10.8 Å². The van der Waals surface area contributed by atoms with E-state index in [2.05, 4.69) is 44.0 Å². The minimum absolute atomic E-state index is 0.191. The fraction of sp³-hybridized carbons (Fsp3) is 0.474. The quantitative estimate of drug-likeness (QED) is 0.402. The van der Waals surface area contributed by atoms with Gasteiger partial charge in [-0.15, -0.1) is 0 Å². The molecule has 29 heavy (non-hydrogen) atoms. The number of nitrogens with zero attached hydrogens (tertiary/aromatic N) is 5. The molecule has 0 aliphatic heterocycles. The van der Waals surface area contributed by atoms with Crippen molar-refractivity contribution in [2.45, 2.75) is 39.8 Å². The molecule has 0 unspecified atom stereocenters. The van der Waals surface area contributed by atoms with Gasteiger partial charge in [0.1, 0.15) is 0 Å². The Morgan fingerprint density at radius 1 is 1.41 bits per heavy atom. The number of aromatic nitrogens is 5. The van der Waals surface area contributed by atoms with E-state index >= 15 is 0 Å². The Balaban J connectivity index is 2.24. The van der Waals surface area contributed by atoms with E-state index < -0.39 is 5.60 Å². The summed E-state index contributed by atoms with van der Waals surface area (Å²) in [4.78, 5) is 9.16. The van der Waals surface area contributed by atoms with Crippen LogP contribution < -0.4 is 15.0 Å². The molecule has 0 saturated carbocycles. The van der Waals surface area contributed by atoms with Gasteiger partial charge in [0.05, 0.1) is 0 Å². The monoisotopic (exact) mass is 458 g/mol.